The molecule has 1 atom stereocenters. The fourth-order valence-electron chi connectivity index (χ4n) is 1.38. The van der Waals surface area contributed by atoms with Crippen molar-refractivity contribution in [1.82, 2.24) is 20.9 Å². The van der Waals surface area contributed by atoms with E-state index < -0.39 is 0 Å². The van der Waals surface area contributed by atoms with E-state index in [0.717, 1.165) is 5.01 Å². The summed E-state index contributed by atoms with van der Waals surface area (Å²) >= 11 is 1.50. The maximum atomic E-state index is 11.7. The third-order valence-electron chi connectivity index (χ3n) is 2.23. The summed E-state index contributed by atoms with van der Waals surface area (Å²) in [6.45, 7) is 0.959. The van der Waals surface area contributed by atoms with Gasteiger partial charge in [0.1, 0.15) is 11.0 Å². The second kappa shape index (κ2) is 5.04. The maximum Gasteiger partial charge on any atom is 0.239 e. The molecule has 0 aliphatic carbocycles. The molecule has 0 spiro atoms. The normalized spacial score (nSPS) is 20.2. The highest BCUT2D eigenvalue weighted by atomic mass is 32.1. The molecule has 0 bridgehead atoms. The molecular formula is C9H12N4O2S. The van der Waals surface area contributed by atoms with Gasteiger partial charge in [0.15, 0.2) is 0 Å². The van der Waals surface area contributed by atoms with E-state index in [0.29, 0.717) is 13.1 Å². The van der Waals surface area contributed by atoms with Crippen molar-refractivity contribution in [3.05, 3.63) is 16.6 Å². The summed E-state index contributed by atoms with van der Waals surface area (Å²) in [5, 5.41) is 11.0. The van der Waals surface area contributed by atoms with Crippen LogP contribution in [0.2, 0.25) is 0 Å². The number of carbonyl (C=O) groups excluding carboxylic acids is 2. The second-order valence-corrected chi connectivity index (χ2v) is 4.36. The molecule has 0 saturated carbocycles. The van der Waals surface area contributed by atoms with Crippen LogP contribution in [0.15, 0.2) is 11.6 Å². The van der Waals surface area contributed by atoms with Crippen molar-refractivity contribution in [1.29, 1.82) is 0 Å². The first kappa shape index (κ1) is 11.0. The first-order valence-electron chi connectivity index (χ1n) is 4.92. The Morgan fingerprint density at radius 2 is 2.56 bits per heavy atom. The van der Waals surface area contributed by atoms with Crippen molar-refractivity contribution in [2.45, 2.75) is 12.6 Å². The Hall–Kier alpha value is -1.47. The van der Waals surface area contributed by atoms with Crippen molar-refractivity contribution in [3.63, 3.8) is 0 Å². The van der Waals surface area contributed by atoms with Gasteiger partial charge in [-0.15, -0.1) is 11.3 Å². The molecule has 1 aromatic heterocycles. The number of nitrogens with one attached hydrogen (secondary N) is 3. The Morgan fingerprint density at radius 3 is 3.19 bits per heavy atom. The van der Waals surface area contributed by atoms with Gasteiger partial charge >= 0.3 is 0 Å². The van der Waals surface area contributed by atoms with Gasteiger partial charge in [0.2, 0.25) is 11.8 Å². The zero-order chi connectivity index (χ0) is 11.4. The molecule has 0 aromatic carbocycles. The summed E-state index contributed by atoms with van der Waals surface area (Å²) in [7, 11) is 0. The third-order valence-corrected chi connectivity index (χ3v) is 3.01. The average molecular weight is 240 g/mol. The number of rotatable bonds is 3. The number of nitrogens with zero attached hydrogens (tertiary/aromatic N) is 1. The van der Waals surface area contributed by atoms with Crippen LogP contribution in [0.1, 0.15) is 5.01 Å². The van der Waals surface area contributed by atoms with Crippen LogP contribution >= 0.6 is 11.3 Å². The van der Waals surface area contributed by atoms with Crippen molar-refractivity contribution in [2.24, 2.45) is 0 Å². The average Bonchev–Trinajstić information content (AvgIpc) is 2.80. The van der Waals surface area contributed by atoms with Gasteiger partial charge in [0.05, 0.1) is 13.1 Å². The third kappa shape index (κ3) is 2.77. The van der Waals surface area contributed by atoms with E-state index in [1.165, 1.54) is 11.3 Å². The molecule has 1 saturated heterocycles. The lowest BCUT2D eigenvalue weighted by molar-refractivity contribution is -0.126. The lowest BCUT2D eigenvalue weighted by Crippen LogP contribution is -2.57. The highest BCUT2D eigenvalue weighted by Crippen LogP contribution is 2.02. The van der Waals surface area contributed by atoms with Crippen LogP contribution in [-0.2, 0) is 16.1 Å². The molecule has 1 unspecified atom stereocenters. The monoisotopic (exact) mass is 240 g/mol. The summed E-state index contributed by atoms with van der Waals surface area (Å²) in [5.41, 5.74) is 0. The van der Waals surface area contributed by atoms with Crippen LogP contribution in [0.3, 0.4) is 0 Å². The number of hydrogen-bond acceptors (Lipinski definition) is 5. The van der Waals surface area contributed by atoms with Crippen LogP contribution in [-0.4, -0.2) is 35.9 Å². The molecule has 6 nitrogen and oxygen atoms in total. The Labute approximate surface area is 96.4 Å². The fourth-order valence-corrected chi connectivity index (χ4v) is 1.93. The molecule has 7 heteroatoms. The quantitative estimate of drug-likeness (QED) is 0.623. The van der Waals surface area contributed by atoms with Crippen LogP contribution in [0.25, 0.3) is 0 Å². The summed E-state index contributed by atoms with van der Waals surface area (Å²) < 4.78 is 0. The largest absolute Gasteiger partial charge is 0.353 e. The minimum atomic E-state index is -0.349. The topological polar surface area (TPSA) is 83.1 Å². The second-order valence-electron chi connectivity index (χ2n) is 3.38. The summed E-state index contributed by atoms with van der Waals surface area (Å²) in [5.74, 6) is -0.195. The van der Waals surface area contributed by atoms with Gasteiger partial charge in [-0.25, -0.2) is 4.98 Å². The van der Waals surface area contributed by atoms with Crippen LogP contribution in [0.4, 0.5) is 0 Å². The number of carbonyl (C=O) groups is 2. The number of piperazine rings is 1. The Bertz CT molecular complexity index is 369. The molecule has 2 rings (SSSR count). The van der Waals surface area contributed by atoms with Gasteiger partial charge in [-0.2, -0.15) is 0 Å². The van der Waals surface area contributed by atoms with Crippen LogP contribution < -0.4 is 16.0 Å². The van der Waals surface area contributed by atoms with Gasteiger partial charge in [0, 0.05) is 18.1 Å². The standard InChI is InChI=1S/C9H12N4O2S/c14-7-4-11-6(3-12-7)9(15)13-5-8-10-1-2-16-8/h1-2,6,11H,3-5H2,(H,12,14)(H,13,15). The molecular weight excluding hydrogens is 228 g/mol. The van der Waals surface area contributed by atoms with E-state index in [9.17, 15) is 9.59 Å². The van der Waals surface area contributed by atoms with E-state index in [1.807, 2.05) is 5.38 Å². The molecule has 1 aromatic rings. The predicted octanol–water partition coefficient (Wildman–Crippen LogP) is -1.15. The molecule has 2 amide bonds. The maximum absolute atomic E-state index is 11.7. The molecule has 0 radical (unpaired) electrons. The lowest BCUT2D eigenvalue weighted by atomic mass is 10.2. The van der Waals surface area contributed by atoms with Crippen molar-refractivity contribution < 1.29 is 9.59 Å². The Kier molecular flexibility index (Phi) is 3.47. The SMILES string of the molecule is O=C1CNC(C(=O)NCc2nccs2)CN1. The zero-order valence-corrected chi connectivity index (χ0v) is 9.34. The Balaban J connectivity index is 1.77. The van der Waals surface area contributed by atoms with Crippen LogP contribution in [0, 0.1) is 0 Å². The summed E-state index contributed by atoms with van der Waals surface area (Å²) in [4.78, 5) is 26.6. The van der Waals surface area contributed by atoms with Crippen LogP contribution in [0.5, 0.6) is 0 Å². The highest BCUT2D eigenvalue weighted by Gasteiger charge is 2.23. The van der Waals surface area contributed by atoms with Gasteiger partial charge in [-0.1, -0.05) is 0 Å². The molecule has 2 heterocycles. The summed E-state index contributed by atoms with van der Waals surface area (Å²) in [6, 6.07) is -0.349. The van der Waals surface area contributed by atoms with Crippen molar-refractivity contribution >= 4 is 23.2 Å². The Morgan fingerprint density at radius 1 is 1.69 bits per heavy atom. The van der Waals surface area contributed by atoms with E-state index >= 15 is 0 Å². The molecule has 16 heavy (non-hydrogen) atoms. The molecule has 1 aliphatic rings. The van der Waals surface area contributed by atoms with Crippen molar-refractivity contribution in [2.75, 3.05) is 13.1 Å². The number of aromatic nitrogens is 1. The zero-order valence-electron chi connectivity index (χ0n) is 8.53. The molecule has 1 aliphatic heterocycles. The molecule has 3 N–H and O–H groups in total. The minimum absolute atomic E-state index is 0.0797. The first-order chi connectivity index (χ1) is 7.75. The lowest BCUT2D eigenvalue weighted by Gasteiger charge is -2.22. The van der Waals surface area contributed by atoms with Gasteiger partial charge in [0.25, 0.3) is 0 Å². The van der Waals surface area contributed by atoms with Gasteiger partial charge in [-0.05, 0) is 0 Å². The molecule has 86 valence electrons. The predicted molar refractivity (Wildman–Crippen MR) is 58.8 cm³/mol. The smallest absolute Gasteiger partial charge is 0.239 e. The first-order valence-corrected chi connectivity index (χ1v) is 5.80. The number of hydrogen-bond donors (Lipinski definition) is 3. The van der Waals surface area contributed by atoms with E-state index in [1.54, 1.807) is 6.20 Å². The van der Waals surface area contributed by atoms with E-state index in [2.05, 4.69) is 20.9 Å². The van der Waals surface area contributed by atoms with Gasteiger partial charge in [-0.3, -0.25) is 14.9 Å². The highest BCUT2D eigenvalue weighted by molar-refractivity contribution is 7.09. The number of thiazole rings is 1. The van der Waals surface area contributed by atoms with E-state index in [-0.39, 0.29) is 24.4 Å². The number of amides is 2. The minimum Gasteiger partial charge on any atom is -0.353 e. The summed E-state index contributed by atoms with van der Waals surface area (Å²) in [6.07, 6.45) is 1.70. The van der Waals surface area contributed by atoms with Crippen molar-refractivity contribution in [3.8, 4) is 0 Å². The van der Waals surface area contributed by atoms with Gasteiger partial charge < -0.3 is 10.6 Å². The molecule has 1 fully saturated rings. The van der Waals surface area contributed by atoms with E-state index in [4.69, 9.17) is 0 Å². The fraction of sp³-hybridized carbons (Fsp3) is 0.444.